The van der Waals surface area contributed by atoms with Crippen LogP contribution in [0.25, 0.3) is 0 Å². The molecule has 0 aromatic carbocycles. The number of nitrogens with one attached hydrogen (secondary N) is 1. The summed E-state index contributed by atoms with van der Waals surface area (Å²) in [5.41, 5.74) is 0.545. The van der Waals surface area contributed by atoms with Crippen LogP contribution in [0.4, 0.5) is 0 Å². The highest BCUT2D eigenvalue weighted by molar-refractivity contribution is 5.92. The molecule has 1 aromatic heterocycles. The van der Waals surface area contributed by atoms with Crippen molar-refractivity contribution < 1.29 is 9.53 Å². The molecule has 0 aliphatic carbocycles. The van der Waals surface area contributed by atoms with Crippen LogP contribution in [0.1, 0.15) is 16.3 Å². The smallest absolute Gasteiger partial charge is 0.270 e. The minimum Gasteiger partial charge on any atom is -0.372 e. The van der Waals surface area contributed by atoms with E-state index in [1.54, 1.807) is 6.20 Å². The number of aromatic nitrogens is 2. The lowest BCUT2D eigenvalue weighted by Crippen LogP contribution is -2.28. The average molecular weight is 205 g/mol. The van der Waals surface area contributed by atoms with Gasteiger partial charge in [0.1, 0.15) is 18.1 Å². The largest absolute Gasteiger partial charge is 0.372 e. The average Bonchev–Trinajstić information content (AvgIpc) is 2.69. The lowest BCUT2D eigenvalue weighted by molar-refractivity contribution is 0.0780. The molecule has 15 heavy (non-hydrogen) atoms. The molecule has 0 atom stereocenters. The first-order valence-electron chi connectivity index (χ1n) is 4.66. The van der Waals surface area contributed by atoms with E-state index in [0.717, 1.165) is 5.82 Å². The number of terminal acetylenes is 1. The van der Waals surface area contributed by atoms with Crippen LogP contribution in [-0.2, 0) is 17.9 Å². The summed E-state index contributed by atoms with van der Waals surface area (Å²) in [6, 6.07) is 0. The number of hydrogen-bond donors (Lipinski definition) is 1. The first kappa shape index (κ1) is 9.74. The molecule has 5 heteroatoms. The van der Waals surface area contributed by atoms with Gasteiger partial charge in [0.15, 0.2) is 0 Å². The SMILES string of the molecule is C#CCNC(=O)c1cnc2n1CCOC2. The second kappa shape index (κ2) is 4.15. The molecule has 0 unspecified atom stereocenters. The monoisotopic (exact) mass is 205 g/mol. The first-order chi connectivity index (χ1) is 7.33. The van der Waals surface area contributed by atoms with E-state index in [9.17, 15) is 4.79 Å². The van der Waals surface area contributed by atoms with Gasteiger partial charge in [-0.05, 0) is 0 Å². The second-order valence-corrected chi connectivity index (χ2v) is 3.15. The van der Waals surface area contributed by atoms with Gasteiger partial charge < -0.3 is 14.6 Å². The Morgan fingerprint density at radius 3 is 3.47 bits per heavy atom. The maximum atomic E-state index is 11.6. The first-order valence-corrected chi connectivity index (χ1v) is 4.66. The molecule has 2 heterocycles. The molecule has 1 amide bonds. The maximum Gasteiger partial charge on any atom is 0.270 e. The number of ether oxygens (including phenoxy) is 1. The fourth-order valence-electron chi connectivity index (χ4n) is 1.50. The summed E-state index contributed by atoms with van der Waals surface area (Å²) in [5.74, 6) is 2.95. The highest BCUT2D eigenvalue weighted by Gasteiger charge is 2.18. The van der Waals surface area contributed by atoms with Gasteiger partial charge in [0, 0.05) is 6.54 Å². The Morgan fingerprint density at radius 2 is 2.67 bits per heavy atom. The zero-order chi connectivity index (χ0) is 10.7. The van der Waals surface area contributed by atoms with Crippen molar-refractivity contribution in [3.63, 3.8) is 0 Å². The second-order valence-electron chi connectivity index (χ2n) is 3.15. The number of rotatable bonds is 2. The molecule has 1 aromatic rings. The van der Waals surface area contributed by atoms with Gasteiger partial charge in [-0.2, -0.15) is 0 Å². The number of nitrogens with zero attached hydrogens (tertiary/aromatic N) is 2. The summed E-state index contributed by atoms with van der Waals surface area (Å²) in [7, 11) is 0. The Kier molecular flexibility index (Phi) is 2.70. The van der Waals surface area contributed by atoms with Gasteiger partial charge >= 0.3 is 0 Å². The van der Waals surface area contributed by atoms with Crippen LogP contribution in [-0.4, -0.2) is 28.6 Å². The fourth-order valence-corrected chi connectivity index (χ4v) is 1.50. The molecule has 2 rings (SSSR count). The van der Waals surface area contributed by atoms with Crippen molar-refractivity contribution in [2.75, 3.05) is 13.2 Å². The topological polar surface area (TPSA) is 56.2 Å². The van der Waals surface area contributed by atoms with Crippen LogP contribution in [0, 0.1) is 12.3 Å². The van der Waals surface area contributed by atoms with Gasteiger partial charge in [0.2, 0.25) is 0 Å². The molecule has 0 fully saturated rings. The standard InChI is InChI=1S/C10H11N3O2/c1-2-3-11-10(14)8-6-12-9-7-15-5-4-13(8)9/h1,6H,3-5,7H2,(H,11,14). The van der Waals surface area contributed by atoms with E-state index in [0.29, 0.717) is 25.5 Å². The van der Waals surface area contributed by atoms with E-state index in [4.69, 9.17) is 11.2 Å². The van der Waals surface area contributed by atoms with E-state index in [2.05, 4.69) is 16.2 Å². The van der Waals surface area contributed by atoms with Crippen LogP contribution in [0.2, 0.25) is 0 Å². The van der Waals surface area contributed by atoms with E-state index >= 15 is 0 Å². The zero-order valence-corrected chi connectivity index (χ0v) is 8.19. The third kappa shape index (κ3) is 1.85. The van der Waals surface area contributed by atoms with Crippen molar-refractivity contribution in [1.82, 2.24) is 14.9 Å². The molecule has 0 saturated carbocycles. The summed E-state index contributed by atoms with van der Waals surface area (Å²) < 4.78 is 7.08. The van der Waals surface area contributed by atoms with E-state index in [1.165, 1.54) is 0 Å². The van der Waals surface area contributed by atoms with Crippen LogP contribution < -0.4 is 5.32 Å². The molecular weight excluding hydrogens is 194 g/mol. The van der Waals surface area contributed by atoms with E-state index < -0.39 is 0 Å². The minimum atomic E-state index is -0.186. The Bertz CT molecular complexity index is 417. The van der Waals surface area contributed by atoms with Crippen molar-refractivity contribution in [1.29, 1.82) is 0 Å². The maximum absolute atomic E-state index is 11.6. The molecule has 1 aliphatic rings. The minimum absolute atomic E-state index is 0.186. The summed E-state index contributed by atoms with van der Waals surface area (Å²) in [4.78, 5) is 15.7. The van der Waals surface area contributed by atoms with Crippen LogP contribution >= 0.6 is 0 Å². The molecule has 5 nitrogen and oxygen atoms in total. The number of hydrogen-bond acceptors (Lipinski definition) is 3. The molecule has 1 N–H and O–H groups in total. The van der Waals surface area contributed by atoms with Gasteiger partial charge in [0.25, 0.3) is 5.91 Å². The number of carbonyl (C=O) groups excluding carboxylic acids is 1. The van der Waals surface area contributed by atoms with E-state index in [1.807, 2.05) is 4.57 Å². The molecule has 0 saturated heterocycles. The van der Waals surface area contributed by atoms with Gasteiger partial charge in [0.05, 0.1) is 19.3 Å². The Hall–Kier alpha value is -1.80. The summed E-state index contributed by atoms with van der Waals surface area (Å²) >= 11 is 0. The fraction of sp³-hybridized carbons (Fsp3) is 0.400. The van der Waals surface area contributed by atoms with Crippen molar-refractivity contribution >= 4 is 5.91 Å². The van der Waals surface area contributed by atoms with Crippen LogP contribution in [0.15, 0.2) is 6.20 Å². The Labute approximate surface area is 87.4 Å². The number of carbonyl (C=O) groups is 1. The number of imidazole rings is 1. The summed E-state index contributed by atoms with van der Waals surface area (Å²) in [5, 5.41) is 2.61. The highest BCUT2D eigenvalue weighted by Crippen LogP contribution is 2.11. The zero-order valence-electron chi connectivity index (χ0n) is 8.19. The summed E-state index contributed by atoms with van der Waals surface area (Å²) in [6.45, 7) is 1.96. The Morgan fingerprint density at radius 1 is 1.80 bits per heavy atom. The van der Waals surface area contributed by atoms with Crippen LogP contribution in [0.3, 0.4) is 0 Å². The van der Waals surface area contributed by atoms with Gasteiger partial charge in [-0.1, -0.05) is 5.92 Å². The molecule has 0 bridgehead atoms. The lowest BCUT2D eigenvalue weighted by atomic mass is 10.4. The van der Waals surface area contributed by atoms with Crippen LogP contribution in [0.5, 0.6) is 0 Å². The highest BCUT2D eigenvalue weighted by atomic mass is 16.5. The molecule has 0 radical (unpaired) electrons. The number of fused-ring (bicyclic) bond motifs is 1. The van der Waals surface area contributed by atoms with Crippen molar-refractivity contribution in [2.45, 2.75) is 13.2 Å². The normalized spacial score (nSPS) is 14.1. The predicted molar refractivity (Wildman–Crippen MR) is 53.0 cm³/mol. The third-order valence-corrected chi connectivity index (χ3v) is 2.21. The number of amides is 1. The van der Waals surface area contributed by atoms with Crippen molar-refractivity contribution in [3.8, 4) is 12.3 Å². The quantitative estimate of drug-likeness (QED) is 0.679. The van der Waals surface area contributed by atoms with Gasteiger partial charge in [-0.25, -0.2) is 4.98 Å². The van der Waals surface area contributed by atoms with Crippen molar-refractivity contribution in [3.05, 3.63) is 17.7 Å². The molecule has 78 valence electrons. The lowest BCUT2D eigenvalue weighted by Gasteiger charge is -2.16. The Balaban J connectivity index is 2.18. The molecule has 1 aliphatic heterocycles. The third-order valence-electron chi connectivity index (χ3n) is 2.21. The molecular formula is C10H11N3O2. The van der Waals surface area contributed by atoms with Gasteiger partial charge in [-0.15, -0.1) is 6.42 Å². The molecule has 0 spiro atoms. The van der Waals surface area contributed by atoms with Crippen molar-refractivity contribution in [2.24, 2.45) is 0 Å². The predicted octanol–water partition coefficient (Wildman–Crippen LogP) is -0.224. The van der Waals surface area contributed by atoms with Gasteiger partial charge in [-0.3, -0.25) is 4.79 Å². The van der Waals surface area contributed by atoms with E-state index in [-0.39, 0.29) is 12.5 Å². The summed E-state index contributed by atoms with van der Waals surface area (Å²) in [6.07, 6.45) is 6.61.